The summed E-state index contributed by atoms with van der Waals surface area (Å²) in [6.45, 7) is 1.99. The van der Waals surface area contributed by atoms with E-state index in [1.165, 1.54) is 0 Å². The fourth-order valence-electron chi connectivity index (χ4n) is 1.72. The van der Waals surface area contributed by atoms with Gasteiger partial charge < -0.3 is 10.7 Å². The van der Waals surface area contributed by atoms with Crippen molar-refractivity contribution < 1.29 is 4.63 Å². The first-order chi connectivity index (χ1) is 8.15. The number of hydrogen-bond donors (Lipinski definition) is 2. The lowest BCUT2D eigenvalue weighted by Crippen LogP contribution is -1.89. The van der Waals surface area contributed by atoms with E-state index in [-0.39, 0.29) is 5.82 Å². The van der Waals surface area contributed by atoms with Gasteiger partial charge in [-0.2, -0.15) is 0 Å². The number of fused-ring (bicyclic) bond motifs is 1. The van der Waals surface area contributed by atoms with Gasteiger partial charge in [-0.3, -0.25) is 0 Å². The molecule has 0 radical (unpaired) electrons. The van der Waals surface area contributed by atoms with E-state index >= 15 is 0 Å². The Morgan fingerprint density at radius 3 is 2.88 bits per heavy atom. The highest BCUT2D eigenvalue weighted by atomic mass is 79.9. The van der Waals surface area contributed by atoms with Gasteiger partial charge in [0.05, 0.1) is 11.0 Å². The molecule has 2 heterocycles. The molecular weight excluding hydrogens is 286 g/mol. The van der Waals surface area contributed by atoms with Crippen molar-refractivity contribution in [2.45, 2.75) is 6.92 Å². The molecule has 7 heteroatoms. The first-order valence-corrected chi connectivity index (χ1v) is 5.68. The number of rotatable bonds is 1. The number of benzene rings is 1. The highest BCUT2D eigenvalue weighted by molar-refractivity contribution is 9.10. The van der Waals surface area contributed by atoms with E-state index in [2.05, 4.69) is 40.8 Å². The van der Waals surface area contributed by atoms with Crippen molar-refractivity contribution in [3.05, 3.63) is 22.2 Å². The van der Waals surface area contributed by atoms with Crippen LogP contribution in [0.15, 0.2) is 21.2 Å². The average Bonchev–Trinajstić information content (AvgIpc) is 2.83. The molecule has 0 bridgehead atoms. The average molecular weight is 294 g/mol. The summed E-state index contributed by atoms with van der Waals surface area (Å²) in [7, 11) is 0. The molecule has 0 unspecified atom stereocenters. The van der Waals surface area contributed by atoms with Crippen LogP contribution in [0, 0.1) is 6.92 Å². The van der Waals surface area contributed by atoms with Crippen LogP contribution in [0.4, 0.5) is 5.82 Å². The molecule has 0 saturated heterocycles. The normalized spacial score (nSPS) is 11.2. The van der Waals surface area contributed by atoms with Crippen LogP contribution in [-0.2, 0) is 0 Å². The van der Waals surface area contributed by atoms with E-state index in [0.29, 0.717) is 11.5 Å². The number of aromatic amines is 1. The van der Waals surface area contributed by atoms with Gasteiger partial charge in [-0.05, 0) is 34.9 Å². The van der Waals surface area contributed by atoms with Crippen LogP contribution < -0.4 is 5.73 Å². The zero-order valence-corrected chi connectivity index (χ0v) is 10.4. The van der Waals surface area contributed by atoms with Gasteiger partial charge in [0, 0.05) is 4.47 Å². The summed E-state index contributed by atoms with van der Waals surface area (Å²) in [6, 6.07) is 3.94. The van der Waals surface area contributed by atoms with Crippen LogP contribution in [0.5, 0.6) is 0 Å². The minimum atomic E-state index is 0.223. The summed E-state index contributed by atoms with van der Waals surface area (Å²) in [5, 5.41) is 7.24. The predicted octanol–water partition coefficient (Wildman–Crippen LogP) is 2.27. The van der Waals surface area contributed by atoms with Crippen molar-refractivity contribution in [2.75, 3.05) is 5.73 Å². The number of hydrogen-bond acceptors (Lipinski definition) is 5. The molecule has 3 N–H and O–H groups in total. The number of imidazole rings is 1. The van der Waals surface area contributed by atoms with E-state index in [1.807, 2.05) is 19.1 Å². The minimum absolute atomic E-state index is 0.223. The Hall–Kier alpha value is -1.89. The number of aromatic nitrogens is 4. The zero-order chi connectivity index (χ0) is 12.0. The molecule has 0 spiro atoms. The van der Waals surface area contributed by atoms with Gasteiger partial charge in [0.2, 0.25) is 0 Å². The van der Waals surface area contributed by atoms with E-state index in [0.717, 1.165) is 21.1 Å². The lowest BCUT2D eigenvalue weighted by Gasteiger charge is -1.94. The molecule has 0 saturated carbocycles. The minimum Gasteiger partial charge on any atom is -0.379 e. The smallest absolute Gasteiger partial charge is 0.199 e. The Morgan fingerprint density at radius 2 is 2.18 bits per heavy atom. The van der Waals surface area contributed by atoms with Gasteiger partial charge in [-0.1, -0.05) is 15.9 Å². The van der Waals surface area contributed by atoms with Crippen LogP contribution in [0.2, 0.25) is 0 Å². The highest BCUT2D eigenvalue weighted by Crippen LogP contribution is 2.26. The quantitative estimate of drug-likeness (QED) is 0.718. The van der Waals surface area contributed by atoms with E-state index in [1.54, 1.807) is 0 Å². The monoisotopic (exact) mass is 293 g/mol. The molecule has 0 atom stereocenters. The molecule has 0 aliphatic heterocycles. The number of halogens is 1. The second kappa shape index (κ2) is 3.56. The molecule has 3 rings (SSSR count). The van der Waals surface area contributed by atoms with Gasteiger partial charge in [0.1, 0.15) is 0 Å². The van der Waals surface area contributed by atoms with Crippen molar-refractivity contribution in [2.24, 2.45) is 0 Å². The fraction of sp³-hybridized carbons (Fsp3) is 0.100. The van der Waals surface area contributed by atoms with Crippen molar-refractivity contribution >= 4 is 32.8 Å². The molecule has 6 nitrogen and oxygen atoms in total. The van der Waals surface area contributed by atoms with Gasteiger partial charge in [0.25, 0.3) is 0 Å². The van der Waals surface area contributed by atoms with Crippen LogP contribution in [0.3, 0.4) is 0 Å². The fourth-order valence-corrected chi connectivity index (χ4v) is 2.29. The lowest BCUT2D eigenvalue weighted by molar-refractivity contribution is 0.310. The summed E-state index contributed by atoms with van der Waals surface area (Å²) >= 11 is 3.44. The summed E-state index contributed by atoms with van der Waals surface area (Å²) in [6.07, 6.45) is 0. The maximum absolute atomic E-state index is 5.63. The van der Waals surface area contributed by atoms with E-state index in [4.69, 9.17) is 5.73 Å². The van der Waals surface area contributed by atoms with Crippen molar-refractivity contribution in [1.29, 1.82) is 0 Å². The molecular formula is C10H8BrN5O. The third kappa shape index (κ3) is 1.59. The Balaban J connectivity index is 2.27. The second-order valence-corrected chi connectivity index (χ2v) is 4.62. The molecule has 0 aliphatic rings. The number of H-pyrrole nitrogens is 1. The number of nitrogens with zero attached hydrogens (tertiary/aromatic N) is 3. The van der Waals surface area contributed by atoms with Crippen LogP contribution >= 0.6 is 15.9 Å². The van der Waals surface area contributed by atoms with Gasteiger partial charge in [0.15, 0.2) is 17.3 Å². The Labute approximate surface area is 104 Å². The number of nitrogen functional groups attached to an aromatic ring is 1. The van der Waals surface area contributed by atoms with Crippen molar-refractivity contribution in [1.82, 2.24) is 20.3 Å². The molecule has 3 aromatic rings. The SMILES string of the molecule is Cc1cc(Br)cc2[nH]c(-c3nonc3N)nc12. The number of nitrogens with one attached hydrogen (secondary N) is 1. The standard InChI is InChI=1S/C10H8BrN5O/c1-4-2-5(11)3-6-7(4)14-10(13-6)8-9(12)16-17-15-8/h2-3H,1H3,(H2,12,16)(H,13,14). The largest absolute Gasteiger partial charge is 0.379 e. The third-order valence-corrected chi connectivity index (χ3v) is 2.94. The summed E-state index contributed by atoms with van der Waals surface area (Å²) < 4.78 is 5.55. The van der Waals surface area contributed by atoms with Crippen LogP contribution in [0.25, 0.3) is 22.6 Å². The Kier molecular flexibility index (Phi) is 2.15. The summed E-state index contributed by atoms with van der Waals surface area (Å²) in [5.74, 6) is 0.778. The Bertz CT molecular complexity index is 702. The first kappa shape index (κ1) is 10.3. The molecule has 0 fully saturated rings. The zero-order valence-electron chi connectivity index (χ0n) is 8.86. The second-order valence-electron chi connectivity index (χ2n) is 3.70. The van der Waals surface area contributed by atoms with Gasteiger partial charge in [-0.15, -0.1) is 0 Å². The highest BCUT2D eigenvalue weighted by Gasteiger charge is 2.14. The molecule has 0 amide bonds. The lowest BCUT2D eigenvalue weighted by atomic mass is 10.2. The molecule has 86 valence electrons. The Morgan fingerprint density at radius 1 is 1.35 bits per heavy atom. The van der Waals surface area contributed by atoms with Crippen LogP contribution in [-0.4, -0.2) is 20.3 Å². The number of aryl methyl sites for hydroxylation is 1. The topological polar surface area (TPSA) is 93.6 Å². The summed E-state index contributed by atoms with van der Waals surface area (Å²) in [5.41, 5.74) is 8.91. The van der Waals surface area contributed by atoms with Crippen LogP contribution in [0.1, 0.15) is 5.56 Å². The van der Waals surface area contributed by atoms with E-state index in [9.17, 15) is 0 Å². The summed E-state index contributed by atoms with van der Waals surface area (Å²) in [4.78, 5) is 7.57. The van der Waals surface area contributed by atoms with Crippen molar-refractivity contribution in [3.63, 3.8) is 0 Å². The maximum atomic E-state index is 5.63. The molecule has 17 heavy (non-hydrogen) atoms. The van der Waals surface area contributed by atoms with Gasteiger partial charge in [-0.25, -0.2) is 9.61 Å². The van der Waals surface area contributed by atoms with Crippen molar-refractivity contribution in [3.8, 4) is 11.5 Å². The maximum Gasteiger partial charge on any atom is 0.199 e. The molecule has 2 aromatic heterocycles. The number of anilines is 1. The first-order valence-electron chi connectivity index (χ1n) is 4.89. The number of nitrogens with two attached hydrogens (primary N) is 1. The molecule has 0 aliphatic carbocycles. The third-order valence-electron chi connectivity index (χ3n) is 2.48. The van der Waals surface area contributed by atoms with E-state index < -0.39 is 0 Å². The molecule has 1 aromatic carbocycles. The van der Waals surface area contributed by atoms with Gasteiger partial charge >= 0.3 is 0 Å². The predicted molar refractivity (Wildman–Crippen MR) is 66.2 cm³/mol.